The minimum atomic E-state index is -0.347. The smallest absolute Gasteiger partial charge is 0.336 e. The van der Waals surface area contributed by atoms with Crippen molar-refractivity contribution in [3.8, 4) is 11.5 Å². The summed E-state index contributed by atoms with van der Waals surface area (Å²) in [4.78, 5) is 11.6. The van der Waals surface area contributed by atoms with Crippen molar-refractivity contribution in [1.82, 2.24) is 0 Å². The summed E-state index contributed by atoms with van der Waals surface area (Å²) in [5.41, 5.74) is 1.02. The normalized spacial score (nSPS) is 33.0. The standard InChI is InChI=1S/C19H20O4/c1-18(2)12-6-7-19(3)9-11(12)16-14(22-19)8-13-10(17(16)23-18)4-5-15(20)21-13/h4-5,8,11-12H,6-7,9H2,1-3H3/t11-,12+,19-/m0/s1. The Morgan fingerprint density at radius 1 is 1.17 bits per heavy atom. The third-order valence-electron chi connectivity index (χ3n) is 5.99. The highest BCUT2D eigenvalue weighted by molar-refractivity contribution is 5.88. The zero-order chi connectivity index (χ0) is 16.0. The van der Waals surface area contributed by atoms with Gasteiger partial charge in [-0.1, -0.05) is 0 Å². The molecule has 3 heterocycles. The van der Waals surface area contributed by atoms with Crippen molar-refractivity contribution >= 4 is 11.0 Å². The van der Waals surface area contributed by atoms with Crippen molar-refractivity contribution in [3.05, 3.63) is 34.2 Å². The second-order valence-electron chi connectivity index (χ2n) is 8.00. The number of hydrogen-bond acceptors (Lipinski definition) is 4. The van der Waals surface area contributed by atoms with Crippen LogP contribution in [0.4, 0.5) is 0 Å². The average molecular weight is 312 g/mol. The van der Waals surface area contributed by atoms with Crippen LogP contribution in [0.2, 0.25) is 0 Å². The van der Waals surface area contributed by atoms with Crippen molar-refractivity contribution in [2.75, 3.05) is 0 Å². The van der Waals surface area contributed by atoms with Crippen LogP contribution in [0.25, 0.3) is 11.0 Å². The fourth-order valence-corrected chi connectivity index (χ4v) is 4.93. The Morgan fingerprint density at radius 2 is 2.00 bits per heavy atom. The third-order valence-corrected chi connectivity index (χ3v) is 5.99. The summed E-state index contributed by atoms with van der Waals surface area (Å²) in [6.45, 7) is 6.55. The molecule has 1 aromatic carbocycles. The third kappa shape index (κ3) is 1.69. The van der Waals surface area contributed by atoms with Gasteiger partial charge in [-0.05, 0) is 46.1 Å². The van der Waals surface area contributed by atoms with Crippen LogP contribution in [0.15, 0.2) is 27.4 Å². The van der Waals surface area contributed by atoms with Gasteiger partial charge < -0.3 is 13.9 Å². The van der Waals surface area contributed by atoms with Crippen LogP contribution < -0.4 is 15.1 Å². The molecule has 2 bridgehead atoms. The number of ether oxygens (including phenoxy) is 2. The highest BCUT2D eigenvalue weighted by Gasteiger charge is 2.54. The van der Waals surface area contributed by atoms with Gasteiger partial charge >= 0.3 is 5.63 Å². The van der Waals surface area contributed by atoms with Crippen molar-refractivity contribution in [1.29, 1.82) is 0 Å². The lowest BCUT2D eigenvalue weighted by atomic mass is 9.61. The summed E-state index contributed by atoms with van der Waals surface area (Å²) < 4.78 is 18.2. The molecule has 5 rings (SSSR count). The van der Waals surface area contributed by atoms with E-state index in [1.165, 1.54) is 11.6 Å². The maximum atomic E-state index is 11.6. The lowest BCUT2D eigenvalue weighted by molar-refractivity contribution is -0.0718. The van der Waals surface area contributed by atoms with Crippen LogP contribution in [-0.2, 0) is 0 Å². The first-order chi connectivity index (χ1) is 10.9. The van der Waals surface area contributed by atoms with Crippen LogP contribution in [-0.4, -0.2) is 11.2 Å². The van der Waals surface area contributed by atoms with Gasteiger partial charge in [-0.25, -0.2) is 4.79 Å². The second kappa shape index (κ2) is 3.92. The molecule has 3 atom stereocenters. The molecule has 0 amide bonds. The summed E-state index contributed by atoms with van der Waals surface area (Å²) in [6.07, 6.45) is 3.19. The van der Waals surface area contributed by atoms with Crippen molar-refractivity contribution in [3.63, 3.8) is 0 Å². The molecule has 0 saturated heterocycles. The first kappa shape index (κ1) is 13.5. The Kier molecular flexibility index (Phi) is 2.29. The van der Waals surface area contributed by atoms with Gasteiger partial charge in [0.05, 0.1) is 5.39 Å². The number of fused-ring (bicyclic) bond motifs is 3. The van der Waals surface area contributed by atoms with Gasteiger partial charge in [-0.15, -0.1) is 0 Å². The molecule has 0 spiro atoms. The molecule has 1 aliphatic carbocycles. The summed E-state index contributed by atoms with van der Waals surface area (Å²) in [5.74, 6) is 2.63. The van der Waals surface area contributed by atoms with Gasteiger partial charge in [0.1, 0.15) is 28.3 Å². The topological polar surface area (TPSA) is 48.7 Å². The molecule has 0 radical (unpaired) electrons. The van der Waals surface area contributed by atoms with E-state index in [9.17, 15) is 4.79 Å². The van der Waals surface area contributed by atoms with Crippen LogP contribution in [0, 0.1) is 5.92 Å². The van der Waals surface area contributed by atoms with E-state index in [-0.39, 0.29) is 16.8 Å². The maximum absolute atomic E-state index is 11.6. The van der Waals surface area contributed by atoms with Gasteiger partial charge in [0.2, 0.25) is 0 Å². The van der Waals surface area contributed by atoms with E-state index in [0.717, 1.165) is 36.1 Å². The average Bonchev–Trinajstić information content (AvgIpc) is 2.44. The van der Waals surface area contributed by atoms with Gasteiger partial charge in [0.25, 0.3) is 0 Å². The van der Waals surface area contributed by atoms with E-state index >= 15 is 0 Å². The largest absolute Gasteiger partial charge is 0.487 e. The monoisotopic (exact) mass is 312 g/mol. The highest BCUT2D eigenvalue weighted by atomic mass is 16.5. The van der Waals surface area contributed by atoms with E-state index in [1.54, 1.807) is 0 Å². The summed E-state index contributed by atoms with van der Waals surface area (Å²) in [5, 5.41) is 0.868. The van der Waals surface area contributed by atoms with E-state index in [0.29, 0.717) is 17.4 Å². The molecule has 2 aliphatic heterocycles. The first-order valence-electron chi connectivity index (χ1n) is 8.35. The summed E-state index contributed by atoms with van der Waals surface area (Å²) in [7, 11) is 0. The Morgan fingerprint density at radius 3 is 2.83 bits per heavy atom. The predicted molar refractivity (Wildman–Crippen MR) is 86.3 cm³/mol. The van der Waals surface area contributed by atoms with Gasteiger partial charge in [0, 0.05) is 29.5 Å². The zero-order valence-electron chi connectivity index (χ0n) is 13.6. The molecule has 23 heavy (non-hydrogen) atoms. The lowest BCUT2D eigenvalue weighted by Gasteiger charge is -2.55. The fraction of sp³-hybridized carbons (Fsp3) is 0.526. The molecule has 0 unspecified atom stereocenters. The molecule has 1 saturated carbocycles. The molecular weight excluding hydrogens is 292 g/mol. The Bertz CT molecular complexity index is 894. The predicted octanol–water partition coefficient (Wildman–Crippen LogP) is 4.00. The van der Waals surface area contributed by atoms with Gasteiger partial charge in [-0.3, -0.25) is 0 Å². The van der Waals surface area contributed by atoms with Crippen molar-refractivity contribution in [2.45, 2.75) is 57.2 Å². The Hall–Kier alpha value is -1.97. The van der Waals surface area contributed by atoms with Crippen LogP contribution >= 0.6 is 0 Å². The summed E-state index contributed by atoms with van der Waals surface area (Å²) >= 11 is 0. The zero-order valence-corrected chi connectivity index (χ0v) is 13.6. The molecule has 0 N–H and O–H groups in total. The lowest BCUT2D eigenvalue weighted by Crippen LogP contribution is -2.53. The molecular formula is C19H20O4. The van der Waals surface area contributed by atoms with E-state index in [4.69, 9.17) is 13.9 Å². The molecule has 3 aliphatic rings. The molecule has 120 valence electrons. The van der Waals surface area contributed by atoms with Gasteiger partial charge in [-0.2, -0.15) is 0 Å². The Balaban J connectivity index is 1.88. The molecule has 1 fully saturated rings. The van der Waals surface area contributed by atoms with Crippen molar-refractivity contribution < 1.29 is 13.9 Å². The molecule has 4 nitrogen and oxygen atoms in total. The SMILES string of the molecule is CC1(C)Oc2c3c(cc4oc(=O)ccc24)O[C@@]2(C)CC[C@@H]1[C@@H]3C2. The number of hydrogen-bond donors (Lipinski definition) is 0. The van der Waals surface area contributed by atoms with Crippen molar-refractivity contribution in [2.24, 2.45) is 5.92 Å². The minimum Gasteiger partial charge on any atom is -0.487 e. The Labute approximate surface area is 134 Å². The van der Waals surface area contributed by atoms with Crippen LogP contribution in [0.1, 0.15) is 51.5 Å². The summed E-state index contributed by atoms with van der Waals surface area (Å²) in [6, 6.07) is 5.15. The van der Waals surface area contributed by atoms with E-state index in [2.05, 4.69) is 20.8 Å². The number of benzene rings is 1. The van der Waals surface area contributed by atoms with E-state index < -0.39 is 0 Å². The van der Waals surface area contributed by atoms with E-state index in [1.807, 2.05) is 12.1 Å². The molecule has 2 aromatic rings. The number of rotatable bonds is 0. The maximum Gasteiger partial charge on any atom is 0.336 e. The highest BCUT2D eigenvalue weighted by Crippen LogP contribution is 2.61. The second-order valence-corrected chi connectivity index (χ2v) is 8.00. The van der Waals surface area contributed by atoms with Gasteiger partial charge in [0.15, 0.2) is 0 Å². The molecule has 4 heteroatoms. The molecule has 1 aromatic heterocycles. The van der Waals surface area contributed by atoms with Crippen LogP contribution in [0.3, 0.4) is 0 Å². The quantitative estimate of drug-likeness (QED) is 0.690. The van der Waals surface area contributed by atoms with Crippen LogP contribution in [0.5, 0.6) is 11.5 Å². The first-order valence-corrected chi connectivity index (χ1v) is 8.35. The fourth-order valence-electron chi connectivity index (χ4n) is 4.93. The minimum absolute atomic E-state index is 0.123.